The van der Waals surface area contributed by atoms with Gasteiger partial charge in [-0.1, -0.05) is 46.7 Å². The average molecular weight is 395 g/mol. The lowest BCUT2D eigenvalue weighted by Gasteiger charge is -2.10. The zero-order chi connectivity index (χ0) is 16.8. The quantitative estimate of drug-likeness (QED) is 0.604. The Bertz CT molecular complexity index is 725. The number of benzene rings is 1. The van der Waals surface area contributed by atoms with Crippen LogP contribution in [0, 0.1) is 0 Å². The molecule has 0 aliphatic carbocycles. The van der Waals surface area contributed by atoms with E-state index in [1.165, 1.54) is 17.5 Å². The minimum Gasteiger partial charge on any atom is -0.496 e. The van der Waals surface area contributed by atoms with Crippen molar-refractivity contribution in [2.24, 2.45) is 0 Å². The molecule has 0 aliphatic rings. The number of nitrogens with one attached hydrogen (secondary N) is 1. The predicted octanol–water partition coefficient (Wildman–Crippen LogP) is 5.76. The number of ether oxygens (including phenoxy) is 1. The Kier molecular flexibility index (Phi) is 6.36. The zero-order valence-corrected chi connectivity index (χ0v) is 15.8. The fraction of sp³-hybridized carbons (Fsp3) is 0.235. The van der Waals surface area contributed by atoms with Crippen LogP contribution in [-0.2, 0) is 6.42 Å². The Morgan fingerprint density at radius 2 is 2.30 bits per heavy atom. The second kappa shape index (κ2) is 8.26. The molecule has 2 aromatic rings. The van der Waals surface area contributed by atoms with Gasteiger partial charge in [0.2, 0.25) is 0 Å². The standard InChI is InChI=1S/C17H19BrN2O2S/c1-5-11-8-9-14(21-4)15(10-11)23-20-17-16(12(18)6-2)13(7-3)22-19-17/h6-10H,3,5H2,1-2,4H3,(H,19,20)/b12-6+. The summed E-state index contributed by atoms with van der Waals surface area (Å²) in [4.78, 5) is 0.998. The van der Waals surface area contributed by atoms with Crippen LogP contribution < -0.4 is 9.46 Å². The van der Waals surface area contributed by atoms with Gasteiger partial charge in [-0.25, -0.2) is 0 Å². The van der Waals surface area contributed by atoms with Crippen LogP contribution in [0.3, 0.4) is 0 Å². The molecule has 0 radical (unpaired) electrons. The van der Waals surface area contributed by atoms with Crippen LogP contribution in [0.4, 0.5) is 5.82 Å². The SMILES string of the molecule is C=Cc1onc(NSc2cc(CC)ccc2OC)c1/C(Br)=C\C. The minimum absolute atomic E-state index is 0.618. The van der Waals surface area contributed by atoms with Crippen molar-refractivity contribution in [1.82, 2.24) is 5.16 Å². The van der Waals surface area contributed by atoms with Gasteiger partial charge in [-0.05, 0) is 49.1 Å². The van der Waals surface area contributed by atoms with E-state index in [0.717, 1.165) is 27.1 Å². The van der Waals surface area contributed by atoms with Crippen molar-refractivity contribution < 1.29 is 9.26 Å². The van der Waals surface area contributed by atoms with E-state index in [1.807, 2.05) is 19.1 Å². The molecule has 0 saturated carbocycles. The monoisotopic (exact) mass is 394 g/mol. The van der Waals surface area contributed by atoms with Crippen molar-refractivity contribution >= 4 is 44.3 Å². The topological polar surface area (TPSA) is 47.3 Å². The van der Waals surface area contributed by atoms with E-state index in [1.54, 1.807) is 13.2 Å². The normalized spacial score (nSPS) is 11.4. The highest BCUT2D eigenvalue weighted by Gasteiger charge is 2.17. The van der Waals surface area contributed by atoms with Crippen molar-refractivity contribution in [1.29, 1.82) is 0 Å². The van der Waals surface area contributed by atoms with Gasteiger partial charge in [0.1, 0.15) is 5.75 Å². The number of hydrogen-bond donors (Lipinski definition) is 1. The number of anilines is 1. The molecule has 1 N–H and O–H groups in total. The van der Waals surface area contributed by atoms with E-state index in [4.69, 9.17) is 9.26 Å². The summed E-state index contributed by atoms with van der Waals surface area (Å²) >= 11 is 4.96. The first-order valence-corrected chi connectivity index (χ1v) is 8.79. The first-order chi connectivity index (χ1) is 11.1. The van der Waals surface area contributed by atoms with Crippen LogP contribution in [0.2, 0.25) is 0 Å². The van der Waals surface area contributed by atoms with E-state index < -0.39 is 0 Å². The largest absolute Gasteiger partial charge is 0.496 e. The molecule has 4 nitrogen and oxygen atoms in total. The van der Waals surface area contributed by atoms with E-state index in [2.05, 4.69) is 51.4 Å². The molecule has 2 rings (SSSR count). The Balaban J connectivity index is 2.28. The molecule has 122 valence electrons. The molecule has 1 aromatic carbocycles. The lowest BCUT2D eigenvalue weighted by atomic mass is 10.2. The first kappa shape index (κ1) is 17.7. The van der Waals surface area contributed by atoms with Crippen LogP contribution in [0.1, 0.15) is 30.7 Å². The van der Waals surface area contributed by atoms with Gasteiger partial charge >= 0.3 is 0 Å². The van der Waals surface area contributed by atoms with Gasteiger partial charge in [-0.3, -0.25) is 0 Å². The fourth-order valence-corrected chi connectivity index (χ4v) is 3.20. The van der Waals surface area contributed by atoms with E-state index in [0.29, 0.717) is 11.6 Å². The molecule has 0 spiro atoms. The molecule has 0 fully saturated rings. The van der Waals surface area contributed by atoms with Gasteiger partial charge in [0, 0.05) is 4.48 Å². The van der Waals surface area contributed by atoms with Gasteiger partial charge in [0.15, 0.2) is 11.6 Å². The second-order valence-corrected chi connectivity index (χ2v) is 6.36. The van der Waals surface area contributed by atoms with E-state index in [9.17, 15) is 0 Å². The third-order valence-electron chi connectivity index (χ3n) is 3.29. The Hall–Kier alpha value is -1.66. The Morgan fingerprint density at radius 1 is 1.52 bits per heavy atom. The summed E-state index contributed by atoms with van der Waals surface area (Å²) in [5.74, 6) is 2.07. The number of methoxy groups -OCH3 is 1. The van der Waals surface area contributed by atoms with Crippen LogP contribution in [0.25, 0.3) is 10.6 Å². The molecule has 1 heterocycles. The van der Waals surface area contributed by atoms with E-state index in [-0.39, 0.29) is 0 Å². The molecule has 6 heteroatoms. The summed E-state index contributed by atoms with van der Waals surface area (Å²) in [6, 6.07) is 6.15. The van der Waals surface area contributed by atoms with Gasteiger partial charge in [-0.2, -0.15) is 0 Å². The average Bonchev–Trinajstić information content (AvgIpc) is 3.01. The van der Waals surface area contributed by atoms with Gasteiger partial charge in [0.25, 0.3) is 0 Å². The predicted molar refractivity (Wildman–Crippen MR) is 101 cm³/mol. The lowest BCUT2D eigenvalue weighted by molar-refractivity contribution is 0.404. The molecule has 0 aliphatic heterocycles. The molecule has 1 aromatic heterocycles. The number of aromatic nitrogens is 1. The summed E-state index contributed by atoms with van der Waals surface area (Å²) < 4.78 is 14.9. The number of halogens is 1. The Morgan fingerprint density at radius 3 is 2.91 bits per heavy atom. The molecule has 0 atom stereocenters. The van der Waals surface area contributed by atoms with Crippen LogP contribution in [0.5, 0.6) is 5.75 Å². The smallest absolute Gasteiger partial charge is 0.188 e. The van der Waals surface area contributed by atoms with Gasteiger partial charge in [0.05, 0.1) is 17.6 Å². The molecule has 0 unspecified atom stereocenters. The number of hydrogen-bond acceptors (Lipinski definition) is 5. The molecule has 0 amide bonds. The highest BCUT2D eigenvalue weighted by Crippen LogP contribution is 2.36. The molecular weight excluding hydrogens is 376 g/mol. The molecule has 0 saturated heterocycles. The molecule has 23 heavy (non-hydrogen) atoms. The van der Waals surface area contributed by atoms with Crippen molar-refractivity contribution in [3.63, 3.8) is 0 Å². The summed E-state index contributed by atoms with van der Waals surface area (Å²) in [6.07, 6.45) is 4.55. The van der Waals surface area contributed by atoms with Gasteiger partial charge < -0.3 is 14.0 Å². The third kappa shape index (κ3) is 4.00. The summed E-state index contributed by atoms with van der Waals surface area (Å²) in [6.45, 7) is 7.82. The zero-order valence-electron chi connectivity index (χ0n) is 13.4. The maximum atomic E-state index is 5.42. The summed E-state index contributed by atoms with van der Waals surface area (Å²) in [7, 11) is 1.67. The van der Waals surface area contributed by atoms with Crippen molar-refractivity contribution in [3.05, 3.63) is 47.7 Å². The Labute approximate surface area is 149 Å². The highest BCUT2D eigenvalue weighted by molar-refractivity contribution is 9.15. The summed E-state index contributed by atoms with van der Waals surface area (Å²) in [5.41, 5.74) is 2.09. The number of nitrogens with zero attached hydrogens (tertiary/aromatic N) is 1. The minimum atomic E-state index is 0.618. The van der Waals surface area contributed by atoms with E-state index >= 15 is 0 Å². The molecule has 0 bridgehead atoms. The highest BCUT2D eigenvalue weighted by atomic mass is 79.9. The first-order valence-electron chi connectivity index (χ1n) is 7.18. The third-order valence-corrected chi connectivity index (χ3v) is 4.98. The maximum Gasteiger partial charge on any atom is 0.188 e. The number of rotatable bonds is 7. The van der Waals surface area contributed by atoms with Crippen molar-refractivity contribution in [2.45, 2.75) is 25.2 Å². The lowest BCUT2D eigenvalue weighted by Crippen LogP contribution is -1.94. The second-order valence-electron chi connectivity index (χ2n) is 4.65. The van der Waals surface area contributed by atoms with Crippen LogP contribution in [0.15, 0.2) is 40.3 Å². The maximum absolute atomic E-state index is 5.42. The fourth-order valence-electron chi connectivity index (χ4n) is 2.01. The summed E-state index contributed by atoms with van der Waals surface area (Å²) in [5, 5.41) is 4.08. The van der Waals surface area contributed by atoms with Crippen molar-refractivity contribution in [2.75, 3.05) is 11.8 Å². The van der Waals surface area contributed by atoms with Crippen molar-refractivity contribution in [3.8, 4) is 5.75 Å². The van der Waals surface area contributed by atoms with Gasteiger partial charge in [-0.15, -0.1) is 0 Å². The van der Waals surface area contributed by atoms with Crippen LogP contribution in [-0.4, -0.2) is 12.3 Å². The molecular formula is C17H19BrN2O2S. The number of aryl methyl sites for hydroxylation is 1. The number of allylic oxidation sites excluding steroid dienone is 1. The van der Waals surface area contributed by atoms with Crippen LogP contribution >= 0.6 is 27.9 Å².